The average molecular weight is 273 g/mol. The Bertz CT molecular complexity index is 563. The molecular formula is C15H15NO4. The Balaban J connectivity index is 1.92. The first kappa shape index (κ1) is 13.9. The molecule has 2 aromatic rings. The number of pyridine rings is 1. The average Bonchev–Trinajstić information content (AvgIpc) is 2.47. The lowest BCUT2D eigenvalue weighted by molar-refractivity contribution is 0.0696. The third-order valence-corrected chi connectivity index (χ3v) is 2.60. The van der Waals surface area contributed by atoms with Gasteiger partial charge in [0, 0.05) is 12.3 Å². The molecular weight excluding hydrogens is 258 g/mol. The molecule has 20 heavy (non-hydrogen) atoms. The first-order valence-corrected chi connectivity index (χ1v) is 6.23. The predicted octanol–water partition coefficient (Wildman–Crippen LogP) is 2.76. The topological polar surface area (TPSA) is 68.7 Å². The zero-order valence-electron chi connectivity index (χ0n) is 11.1. The van der Waals surface area contributed by atoms with Crippen LogP contribution >= 0.6 is 0 Å². The largest absolute Gasteiger partial charge is 0.494 e. The van der Waals surface area contributed by atoms with Crippen LogP contribution in [0.2, 0.25) is 0 Å². The van der Waals surface area contributed by atoms with Gasteiger partial charge in [0.1, 0.15) is 12.4 Å². The quantitative estimate of drug-likeness (QED) is 0.876. The summed E-state index contributed by atoms with van der Waals surface area (Å²) in [5.74, 6) is 0.208. The summed E-state index contributed by atoms with van der Waals surface area (Å²) >= 11 is 0. The van der Waals surface area contributed by atoms with E-state index in [1.54, 1.807) is 0 Å². The summed E-state index contributed by atoms with van der Waals surface area (Å²) in [6.07, 6.45) is 1.27. The van der Waals surface area contributed by atoms with Gasteiger partial charge < -0.3 is 14.6 Å². The van der Waals surface area contributed by atoms with E-state index in [9.17, 15) is 4.79 Å². The molecule has 1 N–H and O–H groups in total. The van der Waals surface area contributed by atoms with Gasteiger partial charge in [-0.05, 0) is 30.7 Å². The molecule has 0 atom stereocenters. The maximum Gasteiger partial charge on any atom is 0.337 e. The zero-order chi connectivity index (χ0) is 14.4. The molecule has 0 bridgehead atoms. The van der Waals surface area contributed by atoms with Crippen LogP contribution in [0, 0.1) is 0 Å². The Kier molecular flexibility index (Phi) is 4.55. The van der Waals surface area contributed by atoms with Crippen LogP contribution in [0.5, 0.6) is 11.6 Å². The van der Waals surface area contributed by atoms with Crippen molar-refractivity contribution in [2.24, 2.45) is 0 Å². The number of aromatic nitrogens is 1. The maximum atomic E-state index is 10.7. The van der Waals surface area contributed by atoms with Gasteiger partial charge in [0.15, 0.2) is 0 Å². The monoisotopic (exact) mass is 273 g/mol. The van der Waals surface area contributed by atoms with E-state index in [4.69, 9.17) is 14.6 Å². The Morgan fingerprint density at radius 2 is 1.90 bits per heavy atom. The van der Waals surface area contributed by atoms with Crippen molar-refractivity contribution in [3.63, 3.8) is 0 Å². The summed E-state index contributed by atoms with van der Waals surface area (Å²) in [6.45, 7) is 2.94. The standard InChI is InChI=1S/C15H15NO4/c1-2-19-13-6-3-11(4-7-13)10-20-14-8-5-12(9-16-14)15(17)18/h3-9H,2,10H2,1H3,(H,17,18). The smallest absolute Gasteiger partial charge is 0.337 e. The summed E-state index contributed by atoms with van der Waals surface area (Å²) in [6, 6.07) is 10.6. The molecule has 104 valence electrons. The van der Waals surface area contributed by atoms with Gasteiger partial charge >= 0.3 is 5.97 Å². The molecule has 5 nitrogen and oxygen atoms in total. The van der Waals surface area contributed by atoms with Crippen LogP contribution in [0.25, 0.3) is 0 Å². The van der Waals surface area contributed by atoms with E-state index in [0.717, 1.165) is 11.3 Å². The van der Waals surface area contributed by atoms with Crippen molar-refractivity contribution in [1.82, 2.24) is 4.98 Å². The van der Waals surface area contributed by atoms with Gasteiger partial charge in [-0.15, -0.1) is 0 Å². The van der Waals surface area contributed by atoms with Crippen LogP contribution in [0.15, 0.2) is 42.6 Å². The number of hydrogen-bond donors (Lipinski definition) is 1. The van der Waals surface area contributed by atoms with Crippen molar-refractivity contribution >= 4 is 5.97 Å². The summed E-state index contributed by atoms with van der Waals surface area (Å²) < 4.78 is 10.8. The van der Waals surface area contributed by atoms with E-state index in [2.05, 4.69) is 4.98 Å². The van der Waals surface area contributed by atoms with E-state index >= 15 is 0 Å². The van der Waals surface area contributed by atoms with Crippen molar-refractivity contribution in [2.45, 2.75) is 13.5 Å². The van der Waals surface area contributed by atoms with Crippen molar-refractivity contribution < 1.29 is 19.4 Å². The van der Waals surface area contributed by atoms with Gasteiger partial charge in [-0.1, -0.05) is 12.1 Å². The summed E-state index contributed by atoms with van der Waals surface area (Å²) in [5, 5.41) is 8.76. The highest BCUT2D eigenvalue weighted by Gasteiger charge is 2.03. The first-order valence-electron chi connectivity index (χ1n) is 6.23. The second-order valence-corrected chi connectivity index (χ2v) is 4.06. The van der Waals surface area contributed by atoms with E-state index in [1.807, 2.05) is 31.2 Å². The summed E-state index contributed by atoms with van der Waals surface area (Å²) in [4.78, 5) is 14.6. The molecule has 0 amide bonds. The number of carbonyl (C=O) groups is 1. The highest BCUT2D eigenvalue weighted by molar-refractivity contribution is 5.87. The van der Waals surface area contributed by atoms with Crippen molar-refractivity contribution in [3.8, 4) is 11.6 Å². The van der Waals surface area contributed by atoms with Crippen LogP contribution < -0.4 is 9.47 Å². The second kappa shape index (κ2) is 6.56. The van der Waals surface area contributed by atoms with Crippen LogP contribution in [-0.4, -0.2) is 22.7 Å². The zero-order valence-corrected chi connectivity index (χ0v) is 11.1. The molecule has 0 spiro atoms. The minimum atomic E-state index is -1.00. The lowest BCUT2D eigenvalue weighted by Crippen LogP contribution is -2.00. The minimum absolute atomic E-state index is 0.137. The van der Waals surface area contributed by atoms with Crippen LogP contribution in [0.3, 0.4) is 0 Å². The van der Waals surface area contributed by atoms with Crippen LogP contribution in [0.4, 0.5) is 0 Å². The Labute approximate surface area is 116 Å². The number of carboxylic acid groups (broad SMARTS) is 1. The maximum absolute atomic E-state index is 10.7. The highest BCUT2D eigenvalue weighted by Crippen LogP contribution is 2.14. The summed E-state index contributed by atoms with van der Waals surface area (Å²) in [5.41, 5.74) is 1.12. The van der Waals surface area contributed by atoms with E-state index in [0.29, 0.717) is 19.1 Å². The number of aromatic carboxylic acids is 1. The highest BCUT2D eigenvalue weighted by atomic mass is 16.5. The van der Waals surface area contributed by atoms with Crippen molar-refractivity contribution in [2.75, 3.05) is 6.61 Å². The molecule has 0 fully saturated rings. The minimum Gasteiger partial charge on any atom is -0.494 e. The van der Waals surface area contributed by atoms with Crippen LogP contribution in [0.1, 0.15) is 22.8 Å². The van der Waals surface area contributed by atoms with E-state index < -0.39 is 5.97 Å². The molecule has 0 radical (unpaired) electrons. The molecule has 0 aliphatic heterocycles. The molecule has 0 saturated carbocycles. The fourth-order valence-electron chi connectivity index (χ4n) is 1.60. The lowest BCUT2D eigenvalue weighted by Gasteiger charge is -2.07. The molecule has 1 heterocycles. The Morgan fingerprint density at radius 1 is 1.15 bits per heavy atom. The Hall–Kier alpha value is -2.56. The SMILES string of the molecule is CCOc1ccc(COc2ccc(C(=O)O)cn2)cc1. The number of ether oxygens (including phenoxy) is 2. The van der Waals surface area contributed by atoms with Gasteiger partial charge in [0.2, 0.25) is 5.88 Å². The molecule has 1 aromatic heterocycles. The number of hydrogen-bond acceptors (Lipinski definition) is 4. The molecule has 0 aliphatic carbocycles. The van der Waals surface area contributed by atoms with E-state index in [1.165, 1.54) is 18.3 Å². The van der Waals surface area contributed by atoms with E-state index in [-0.39, 0.29) is 5.56 Å². The van der Waals surface area contributed by atoms with Gasteiger partial charge in [0.05, 0.1) is 12.2 Å². The number of nitrogens with zero attached hydrogens (tertiary/aromatic N) is 1. The van der Waals surface area contributed by atoms with Crippen molar-refractivity contribution in [1.29, 1.82) is 0 Å². The number of rotatable bonds is 6. The van der Waals surface area contributed by atoms with Crippen molar-refractivity contribution in [3.05, 3.63) is 53.7 Å². The molecule has 0 aliphatic rings. The van der Waals surface area contributed by atoms with Gasteiger partial charge in [-0.3, -0.25) is 0 Å². The van der Waals surface area contributed by atoms with Gasteiger partial charge in [0.25, 0.3) is 0 Å². The molecule has 0 unspecified atom stereocenters. The predicted molar refractivity (Wildman–Crippen MR) is 73.1 cm³/mol. The second-order valence-electron chi connectivity index (χ2n) is 4.06. The third kappa shape index (κ3) is 3.71. The third-order valence-electron chi connectivity index (χ3n) is 2.60. The fourth-order valence-corrected chi connectivity index (χ4v) is 1.60. The number of benzene rings is 1. The molecule has 0 saturated heterocycles. The fraction of sp³-hybridized carbons (Fsp3) is 0.200. The molecule has 2 rings (SSSR count). The normalized spacial score (nSPS) is 10.1. The van der Waals surface area contributed by atoms with Gasteiger partial charge in [-0.25, -0.2) is 9.78 Å². The molecule has 1 aromatic carbocycles. The number of carboxylic acids is 1. The lowest BCUT2D eigenvalue weighted by atomic mass is 10.2. The van der Waals surface area contributed by atoms with Gasteiger partial charge in [-0.2, -0.15) is 0 Å². The van der Waals surface area contributed by atoms with Crippen LogP contribution in [-0.2, 0) is 6.61 Å². The molecule has 5 heteroatoms. The Morgan fingerprint density at radius 3 is 2.45 bits per heavy atom. The summed E-state index contributed by atoms with van der Waals surface area (Å²) in [7, 11) is 0. The first-order chi connectivity index (χ1) is 9.69.